The highest BCUT2D eigenvalue weighted by atomic mass is 16.5. The Morgan fingerprint density at radius 3 is 2.94 bits per heavy atom. The van der Waals surface area contributed by atoms with Crippen molar-refractivity contribution in [2.75, 3.05) is 33.4 Å². The molecule has 16 heavy (non-hydrogen) atoms. The van der Waals surface area contributed by atoms with Crippen molar-refractivity contribution in [1.82, 2.24) is 4.90 Å². The third-order valence-corrected chi connectivity index (χ3v) is 2.43. The van der Waals surface area contributed by atoms with Crippen LogP contribution in [0.15, 0.2) is 0 Å². The van der Waals surface area contributed by atoms with E-state index in [9.17, 15) is 9.59 Å². The van der Waals surface area contributed by atoms with Crippen molar-refractivity contribution >= 4 is 11.9 Å². The Morgan fingerprint density at radius 2 is 2.31 bits per heavy atom. The summed E-state index contributed by atoms with van der Waals surface area (Å²) in [5.41, 5.74) is 0. The first kappa shape index (κ1) is 12.9. The number of ether oxygens (including phenoxy) is 2. The molecule has 92 valence electrons. The summed E-state index contributed by atoms with van der Waals surface area (Å²) in [7, 11) is 1.58. The molecule has 0 bridgehead atoms. The first-order valence-electron chi connectivity index (χ1n) is 5.26. The molecule has 1 atom stereocenters. The second-order valence-corrected chi connectivity index (χ2v) is 3.63. The largest absolute Gasteiger partial charge is 0.479 e. The number of amides is 1. The predicted octanol–water partition coefficient (Wildman–Crippen LogP) is -0.275. The molecule has 1 heterocycles. The summed E-state index contributed by atoms with van der Waals surface area (Å²) in [5.74, 6) is -1.05. The summed E-state index contributed by atoms with van der Waals surface area (Å²) in [6.45, 7) is 1.43. The van der Waals surface area contributed by atoms with Crippen LogP contribution in [0.25, 0.3) is 0 Å². The van der Waals surface area contributed by atoms with Gasteiger partial charge in [-0.1, -0.05) is 0 Å². The molecule has 0 aliphatic carbocycles. The van der Waals surface area contributed by atoms with Crippen molar-refractivity contribution in [2.45, 2.75) is 18.9 Å². The van der Waals surface area contributed by atoms with Crippen LogP contribution in [0, 0.1) is 0 Å². The summed E-state index contributed by atoms with van der Waals surface area (Å²) in [4.78, 5) is 23.9. The van der Waals surface area contributed by atoms with Crippen LogP contribution in [0.1, 0.15) is 12.8 Å². The molecule has 0 aromatic carbocycles. The zero-order valence-corrected chi connectivity index (χ0v) is 9.35. The second kappa shape index (κ2) is 6.44. The second-order valence-electron chi connectivity index (χ2n) is 3.63. The van der Waals surface area contributed by atoms with Gasteiger partial charge in [0.2, 0.25) is 5.91 Å². The molecule has 6 heteroatoms. The lowest BCUT2D eigenvalue weighted by Crippen LogP contribution is -2.48. The number of methoxy groups -OCH3 is 1. The fraction of sp³-hybridized carbons (Fsp3) is 0.800. The fourth-order valence-corrected chi connectivity index (χ4v) is 1.55. The van der Waals surface area contributed by atoms with Crippen LogP contribution in [-0.2, 0) is 19.1 Å². The van der Waals surface area contributed by atoms with Gasteiger partial charge in [-0.3, -0.25) is 4.79 Å². The Bertz CT molecular complexity index is 256. The molecular weight excluding hydrogens is 214 g/mol. The highest BCUT2D eigenvalue weighted by Gasteiger charge is 2.28. The van der Waals surface area contributed by atoms with Crippen molar-refractivity contribution in [1.29, 1.82) is 0 Å². The number of hydrogen-bond donors (Lipinski definition) is 1. The Balaban J connectivity index is 2.35. The molecule has 0 aromatic heterocycles. The SMILES string of the molecule is COCCCC(=O)N1CCOC(C(=O)O)C1. The van der Waals surface area contributed by atoms with E-state index in [-0.39, 0.29) is 19.1 Å². The minimum atomic E-state index is -1.02. The highest BCUT2D eigenvalue weighted by Crippen LogP contribution is 2.08. The summed E-state index contributed by atoms with van der Waals surface area (Å²) in [5, 5.41) is 8.77. The molecule has 0 saturated carbocycles. The number of carboxylic acids is 1. The van der Waals surface area contributed by atoms with E-state index in [1.165, 1.54) is 4.90 Å². The first-order valence-corrected chi connectivity index (χ1v) is 5.26. The van der Waals surface area contributed by atoms with Gasteiger partial charge in [0.05, 0.1) is 13.2 Å². The van der Waals surface area contributed by atoms with Crippen molar-refractivity contribution < 1.29 is 24.2 Å². The summed E-state index contributed by atoms with van der Waals surface area (Å²) in [6, 6.07) is 0. The van der Waals surface area contributed by atoms with E-state index in [1.54, 1.807) is 7.11 Å². The van der Waals surface area contributed by atoms with Gasteiger partial charge in [-0.2, -0.15) is 0 Å². The standard InChI is InChI=1S/C10H17NO5/c1-15-5-2-3-9(12)11-4-6-16-8(7-11)10(13)14/h8H,2-7H2,1H3,(H,13,14). The van der Waals surface area contributed by atoms with E-state index in [0.29, 0.717) is 26.0 Å². The Labute approximate surface area is 94.1 Å². The fourth-order valence-electron chi connectivity index (χ4n) is 1.55. The molecule has 1 aliphatic heterocycles. The van der Waals surface area contributed by atoms with Gasteiger partial charge in [0.15, 0.2) is 6.10 Å². The molecule has 1 saturated heterocycles. The topological polar surface area (TPSA) is 76.1 Å². The number of carbonyl (C=O) groups is 2. The van der Waals surface area contributed by atoms with Crippen LogP contribution in [0.2, 0.25) is 0 Å². The first-order chi connectivity index (χ1) is 7.65. The molecule has 1 unspecified atom stereocenters. The van der Waals surface area contributed by atoms with E-state index in [0.717, 1.165) is 0 Å². The monoisotopic (exact) mass is 231 g/mol. The minimum absolute atomic E-state index is 0.0356. The number of morpholine rings is 1. The van der Waals surface area contributed by atoms with Gasteiger partial charge >= 0.3 is 5.97 Å². The third kappa shape index (κ3) is 3.79. The molecule has 6 nitrogen and oxygen atoms in total. The number of carbonyl (C=O) groups excluding carboxylic acids is 1. The predicted molar refractivity (Wildman–Crippen MR) is 55.1 cm³/mol. The highest BCUT2D eigenvalue weighted by molar-refractivity contribution is 5.78. The molecule has 1 aliphatic rings. The molecule has 1 rings (SSSR count). The maximum absolute atomic E-state index is 11.7. The van der Waals surface area contributed by atoms with Crippen LogP contribution in [-0.4, -0.2) is 61.4 Å². The number of rotatable bonds is 5. The zero-order valence-electron chi connectivity index (χ0n) is 9.35. The zero-order chi connectivity index (χ0) is 12.0. The van der Waals surface area contributed by atoms with Gasteiger partial charge in [-0.05, 0) is 6.42 Å². The molecular formula is C10H17NO5. The number of carboxylic acid groups (broad SMARTS) is 1. The van der Waals surface area contributed by atoms with Gasteiger partial charge in [0.25, 0.3) is 0 Å². The summed E-state index contributed by atoms with van der Waals surface area (Å²) in [6.07, 6.45) is 0.157. The van der Waals surface area contributed by atoms with E-state index >= 15 is 0 Å². The van der Waals surface area contributed by atoms with Gasteiger partial charge in [0.1, 0.15) is 0 Å². The maximum Gasteiger partial charge on any atom is 0.334 e. The Morgan fingerprint density at radius 1 is 1.56 bits per heavy atom. The van der Waals surface area contributed by atoms with E-state index in [2.05, 4.69) is 0 Å². The Kier molecular flexibility index (Phi) is 5.21. The molecule has 1 fully saturated rings. The van der Waals surface area contributed by atoms with Crippen LogP contribution in [0.4, 0.5) is 0 Å². The van der Waals surface area contributed by atoms with Crippen LogP contribution in [0.5, 0.6) is 0 Å². The van der Waals surface area contributed by atoms with E-state index in [1.807, 2.05) is 0 Å². The molecule has 1 N–H and O–H groups in total. The lowest BCUT2D eigenvalue weighted by Gasteiger charge is -2.30. The molecule has 0 spiro atoms. The summed E-state index contributed by atoms with van der Waals surface area (Å²) >= 11 is 0. The van der Waals surface area contributed by atoms with Crippen LogP contribution in [0.3, 0.4) is 0 Å². The average Bonchev–Trinajstić information content (AvgIpc) is 2.29. The number of nitrogens with zero attached hydrogens (tertiary/aromatic N) is 1. The maximum atomic E-state index is 11.7. The molecule has 1 amide bonds. The lowest BCUT2D eigenvalue weighted by atomic mass is 10.2. The smallest absolute Gasteiger partial charge is 0.334 e. The van der Waals surface area contributed by atoms with Crippen molar-refractivity contribution in [3.05, 3.63) is 0 Å². The van der Waals surface area contributed by atoms with E-state index in [4.69, 9.17) is 14.6 Å². The van der Waals surface area contributed by atoms with E-state index < -0.39 is 12.1 Å². The van der Waals surface area contributed by atoms with Crippen LogP contribution >= 0.6 is 0 Å². The quantitative estimate of drug-likeness (QED) is 0.659. The average molecular weight is 231 g/mol. The van der Waals surface area contributed by atoms with Crippen molar-refractivity contribution in [3.63, 3.8) is 0 Å². The van der Waals surface area contributed by atoms with Gasteiger partial charge in [0, 0.05) is 26.7 Å². The van der Waals surface area contributed by atoms with Crippen molar-refractivity contribution in [3.8, 4) is 0 Å². The van der Waals surface area contributed by atoms with Crippen LogP contribution < -0.4 is 0 Å². The van der Waals surface area contributed by atoms with Gasteiger partial charge in [-0.25, -0.2) is 4.79 Å². The number of hydrogen-bond acceptors (Lipinski definition) is 4. The minimum Gasteiger partial charge on any atom is -0.479 e. The molecule has 0 radical (unpaired) electrons. The van der Waals surface area contributed by atoms with Gasteiger partial charge < -0.3 is 19.5 Å². The lowest BCUT2D eigenvalue weighted by molar-refractivity contribution is -0.159. The molecule has 0 aromatic rings. The number of aliphatic carboxylic acids is 1. The normalized spacial score (nSPS) is 20.8. The summed E-state index contributed by atoms with van der Waals surface area (Å²) < 4.78 is 9.88. The third-order valence-electron chi connectivity index (χ3n) is 2.43. The van der Waals surface area contributed by atoms with Crippen molar-refractivity contribution in [2.24, 2.45) is 0 Å². The van der Waals surface area contributed by atoms with Gasteiger partial charge in [-0.15, -0.1) is 0 Å². The Hall–Kier alpha value is -1.14.